The molecule has 1 aromatic rings. The fourth-order valence-corrected chi connectivity index (χ4v) is 1.20. The van der Waals surface area contributed by atoms with Gasteiger partial charge in [0.2, 0.25) is 0 Å². The smallest absolute Gasteiger partial charge is 0.145 e. The van der Waals surface area contributed by atoms with Gasteiger partial charge in [-0.2, -0.15) is 0 Å². The third-order valence-electron chi connectivity index (χ3n) is 1.96. The van der Waals surface area contributed by atoms with Gasteiger partial charge in [0.15, 0.2) is 0 Å². The molecule has 0 bridgehead atoms. The molecular weight excluding hydrogens is 186 g/mol. The van der Waals surface area contributed by atoms with Crippen molar-refractivity contribution in [2.75, 3.05) is 11.9 Å². The zero-order valence-electron chi connectivity index (χ0n) is 10.9. The number of aldehydes is 1. The SMILES string of the molecule is [2H]C/C(=C/c1ccc(NCCC)cc1)C([2H])=O. The Balaban J connectivity index is 2.76. The predicted octanol–water partition coefficient (Wildman–Crippen LogP) is 3.11. The van der Waals surface area contributed by atoms with Crippen molar-refractivity contribution in [1.82, 2.24) is 0 Å². The maximum Gasteiger partial charge on any atom is 0.145 e. The van der Waals surface area contributed by atoms with Gasteiger partial charge < -0.3 is 5.32 Å². The van der Waals surface area contributed by atoms with E-state index in [2.05, 4.69) is 12.2 Å². The molecular formula is C13H17NO. The molecule has 1 rings (SSSR count). The monoisotopic (exact) mass is 205 g/mol. The van der Waals surface area contributed by atoms with Crippen LogP contribution in [0.2, 0.25) is 0 Å². The normalized spacial score (nSPS) is 13.0. The Morgan fingerprint density at radius 2 is 2.27 bits per heavy atom. The van der Waals surface area contributed by atoms with Crippen LogP contribution in [0.15, 0.2) is 29.8 Å². The highest BCUT2D eigenvalue weighted by molar-refractivity contribution is 5.80. The summed E-state index contributed by atoms with van der Waals surface area (Å²) < 4.78 is 14.1. The van der Waals surface area contributed by atoms with Gasteiger partial charge in [-0.15, -0.1) is 0 Å². The zero-order chi connectivity index (χ0) is 12.7. The van der Waals surface area contributed by atoms with Gasteiger partial charge in [0, 0.05) is 13.6 Å². The number of hydrogen-bond acceptors (Lipinski definition) is 2. The molecule has 0 unspecified atom stereocenters. The van der Waals surface area contributed by atoms with Crippen LogP contribution in [0.1, 0.15) is 28.5 Å². The van der Waals surface area contributed by atoms with Gasteiger partial charge in [-0.1, -0.05) is 19.1 Å². The highest BCUT2D eigenvalue weighted by Crippen LogP contribution is 2.11. The van der Waals surface area contributed by atoms with E-state index in [0.29, 0.717) is 0 Å². The summed E-state index contributed by atoms with van der Waals surface area (Å²) in [5, 5.41) is 3.25. The van der Waals surface area contributed by atoms with Crippen molar-refractivity contribution >= 4 is 18.0 Å². The first kappa shape index (κ1) is 8.72. The number of rotatable bonds is 5. The lowest BCUT2D eigenvalue weighted by Crippen LogP contribution is -1.98. The topological polar surface area (TPSA) is 29.1 Å². The van der Waals surface area contributed by atoms with Gasteiger partial charge in [-0.3, -0.25) is 4.79 Å². The maximum atomic E-state index is 10.9. The van der Waals surface area contributed by atoms with Crippen LogP contribution in [0.5, 0.6) is 0 Å². The Morgan fingerprint density at radius 1 is 1.53 bits per heavy atom. The molecule has 2 heteroatoms. The van der Waals surface area contributed by atoms with E-state index in [1.807, 2.05) is 24.3 Å². The molecule has 2 nitrogen and oxygen atoms in total. The van der Waals surface area contributed by atoms with Crippen LogP contribution in [-0.4, -0.2) is 12.8 Å². The third-order valence-corrected chi connectivity index (χ3v) is 1.96. The first-order valence-corrected chi connectivity index (χ1v) is 5.02. The minimum atomic E-state index is -0.784. The fraction of sp³-hybridized carbons (Fsp3) is 0.308. The highest BCUT2D eigenvalue weighted by atomic mass is 16.1. The standard InChI is InChI=1S/C13H17NO/c1-3-8-14-13-6-4-12(5-7-13)9-11(2)10-15/h4-7,9-10,14H,3,8H2,1-2H3/b11-9-/i2D,10D. The van der Waals surface area contributed by atoms with Crippen LogP contribution in [0.3, 0.4) is 0 Å². The van der Waals surface area contributed by atoms with E-state index < -0.39 is 6.26 Å². The van der Waals surface area contributed by atoms with Gasteiger partial charge in [0.05, 0.1) is 0 Å². The molecule has 80 valence electrons. The van der Waals surface area contributed by atoms with E-state index in [0.717, 1.165) is 24.2 Å². The lowest BCUT2D eigenvalue weighted by molar-refractivity contribution is -0.104. The summed E-state index contributed by atoms with van der Waals surface area (Å²) in [5.74, 6) is 0. The van der Waals surface area contributed by atoms with E-state index in [-0.39, 0.29) is 12.5 Å². The van der Waals surface area contributed by atoms with Crippen LogP contribution in [0, 0.1) is 0 Å². The largest absolute Gasteiger partial charge is 0.385 e. The lowest BCUT2D eigenvalue weighted by atomic mass is 10.1. The Bertz CT molecular complexity index is 398. The fourth-order valence-electron chi connectivity index (χ4n) is 1.20. The summed E-state index contributed by atoms with van der Waals surface area (Å²) in [7, 11) is 0. The van der Waals surface area contributed by atoms with Crippen molar-refractivity contribution in [2.45, 2.75) is 20.2 Å². The molecule has 0 atom stereocenters. The van der Waals surface area contributed by atoms with Crippen LogP contribution >= 0.6 is 0 Å². The van der Waals surface area contributed by atoms with Crippen LogP contribution in [-0.2, 0) is 4.79 Å². The van der Waals surface area contributed by atoms with Crippen LogP contribution in [0.25, 0.3) is 6.08 Å². The quantitative estimate of drug-likeness (QED) is 0.591. The molecule has 0 aromatic heterocycles. The van der Waals surface area contributed by atoms with Gasteiger partial charge in [-0.05, 0) is 42.7 Å². The summed E-state index contributed by atoms with van der Waals surface area (Å²) in [4.78, 5) is 10.9. The summed E-state index contributed by atoms with van der Waals surface area (Å²) in [5.41, 5.74) is 2.09. The summed E-state index contributed by atoms with van der Waals surface area (Å²) in [6.07, 6.45) is 1.87. The van der Waals surface area contributed by atoms with E-state index >= 15 is 0 Å². The summed E-state index contributed by atoms with van der Waals surface area (Å²) >= 11 is 0. The molecule has 0 aliphatic rings. The van der Waals surface area contributed by atoms with Crippen molar-refractivity contribution in [1.29, 1.82) is 0 Å². The van der Waals surface area contributed by atoms with E-state index in [4.69, 9.17) is 2.74 Å². The van der Waals surface area contributed by atoms with Crippen LogP contribution in [0.4, 0.5) is 5.69 Å². The molecule has 0 saturated carbocycles. The first-order chi connectivity index (χ1) is 8.17. The Labute approximate surface area is 93.8 Å². The second kappa shape index (κ2) is 6.02. The lowest BCUT2D eigenvalue weighted by Gasteiger charge is -2.04. The number of hydrogen-bond donors (Lipinski definition) is 1. The summed E-state index contributed by atoms with van der Waals surface area (Å²) in [6.45, 7) is 2.88. The molecule has 0 radical (unpaired) electrons. The van der Waals surface area contributed by atoms with Crippen molar-refractivity contribution < 1.29 is 7.54 Å². The molecule has 0 aliphatic heterocycles. The predicted molar refractivity (Wildman–Crippen MR) is 64.9 cm³/mol. The molecule has 0 fully saturated rings. The molecule has 1 N–H and O–H groups in total. The van der Waals surface area contributed by atoms with Crippen molar-refractivity contribution in [3.8, 4) is 0 Å². The van der Waals surface area contributed by atoms with Crippen LogP contribution < -0.4 is 5.32 Å². The Morgan fingerprint density at radius 3 is 2.80 bits per heavy atom. The Hall–Kier alpha value is -1.57. The molecule has 1 aromatic carbocycles. The average molecular weight is 205 g/mol. The zero-order valence-corrected chi connectivity index (χ0v) is 8.92. The number of anilines is 1. The number of allylic oxidation sites excluding steroid dienone is 1. The minimum absolute atomic E-state index is 0.155. The van der Waals surface area contributed by atoms with E-state index in [1.165, 1.54) is 0 Å². The van der Waals surface area contributed by atoms with Crippen molar-refractivity contribution in [2.24, 2.45) is 0 Å². The number of carbonyl (C=O) groups excluding carboxylic acids is 1. The molecule has 0 heterocycles. The summed E-state index contributed by atoms with van der Waals surface area (Å²) in [6, 6.07) is 7.60. The molecule has 0 amide bonds. The first-order valence-electron chi connectivity index (χ1n) is 6.22. The molecule has 15 heavy (non-hydrogen) atoms. The number of carbonyl (C=O) groups is 1. The number of nitrogens with one attached hydrogen (secondary N) is 1. The Kier molecular flexibility index (Phi) is 3.50. The van der Waals surface area contributed by atoms with Gasteiger partial charge in [0.25, 0.3) is 0 Å². The minimum Gasteiger partial charge on any atom is -0.385 e. The van der Waals surface area contributed by atoms with E-state index in [9.17, 15) is 4.79 Å². The van der Waals surface area contributed by atoms with Crippen molar-refractivity contribution in [3.05, 3.63) is 35.4 Å². The maximum absolute atomic E-state index is 10.9. The second-order valence-electron chi connectivity index (χ2n) is 3.32. The van der Waals surface area contributed by atoms with E-state index in [1.54, 1.807) is 6.08 Å². The molecule has 0 saturated heterocycles. The number of benzene rings is 1. The van der Waals surface area contributed by atoms with Crippen molar-refractivity contribution in [3.63, 3.8) is 0 Å². The molecule has 0 aliphatic carbocycles. The van der Waals surface area contributed by atoms with Gasteiger partial charge >= 0.3 is 0 Å². The molecule has 0 spiro atoms. The second-order valence-corrected chi connectivity index (χ2v) is 3.32. The highest BCUT2D eigenvalue weighted by Gasteiger charge is 1.92. The average Bonchev–Trinajstić information content (AvgIpc) is 2.34. The third kappa shape index (κ3) is 3.98. The van der Waals surface area contributed by atoms with Gasteiger partial charge in [-0.25, -0.2) is 0 Å². The van der Waals surface area contributed by atoms with Gasteiger partial charge in [0.1, 0.15) is 7.63 Å².